The van der Waals surface area contributed by atoms with Crippen molar-refractivity contribution >= 4 is 11.3 Å². The molecule has 0 aliphatic rings. The summed E-state index contributed by atoms with van der Waals surface area (Å²) in [6.45, 7) is 5.22. The Hall–Kier alpha value is -1.13. The summed E-state index contributed by atoms with van der Waals surface area (Å²) in [6.07, 6.45) is 5.60. The van der Waals surface area contributed by atoms with E-state index in [2.05, 4.69) is 22.6 Å². The lowest BCUT2D eigenvalue weighted by Gasteiger charge is -2.15. The number of hydrogen-bond donors (Lipinski definition) is 1. The van der Waals surface area contributed by atoms with Crippen LogP contribution in [0.5, 0.6) is 0 Å². The van der Waals surface area contributed by atoms with E-state index in [0.29, 0.717) is 6.04 Å². The second-order valence-electron chi connectivity index (χ2n) is 4.15. The van der Waals surface area contributed by atoms with Crippen LogP contribution in [0.25, 0.3) is 0 Å². The van der Waals surface area contributed by atoms with Crippen LogP contribution in [0.4, 0.5) is 0 Å². The summed E-state index contributed by atoms with van der Waals surface area (Å²) in [5.74, 6) is 0. The first-order valence-corrected chi connectivity index (χ1v) is 6.84. The van der Waals surface area contributed by atoms with Crippen LogP contribution in [0.3, 0.4) is 0 Å². The van der Waals surface area contributed by atoms with Crippen LogP contribution >= 0.6 is 11.3 Å². The van der Waals surface area contributed by atoms with Crippen molar-refractivity contribution in [2.75, 3.05) is 6.54 Å². The molecule has 0 saturated heterocycles. The van der Waals surface area contributed by atoms with Crippen molar-refractivity contribution in [1.82, 2.24) is 10.3 Å². The largest absolute Gasteiger partial charge is 0.472 e. The molecule has 0 radical (unpaired) electrons. The Kier molecular flexibility index (Phi) is 4.34. The van der Waals surface area contributed by atoms with E-state index in [1.165, 1.54) is 10.6 Å². The average molecular weight is 250 g/mol. The van der Waals surface area contributed by atoms with Gasteiger partial charge in [0, 0.05) is 29.1 Å². The third-order valence-electron chi connectivity index (χ3n) is 2.63. The summed E-state index contributed by atoms with van der Waals surface area (Å²) in [7, 11) is 0. The number of aryl methyl sites for hydroxylation is 1. The van der Waals surface area contributed by atoms with Gasteiger partial charge in [-0.25, -0.2) is 4.98 Å². The number of rotatable bonds is 6. The zero-order valence-electron chi connectivity index (χ0n) is 10.3. The van der Waals surface area contributed by atoms with Crippen molar-refractivity contribution in [2.45, 2.75) is 32.7 Å². The summed E-state index contributed by atoms with van der Waals surface area (Å²) in [6, 6.07) is 2.33. The first-order valence-electron chi connectivity index (χ1n) is 5.96. The van der Waals surface area contributed by atoms with Gasteiger partial charge in [0.25, 0.3) is 0 Å². The minimum absolute atomic E-state index is 0.305. The quantitative estimate of drug-likeness (QED) is 0.854. The summed E-state index contributed by atoms with van der Waals surface area (Å²) in [5, 5.41) is 6.81. The molecule has 1 unspecified atom stereocenters. The normalized spacial score (nSPS) is 12.8. The fraction of sp³-hybridized carbons (Fsp3) is 0.462. The molecule has 0 bridgehead atoms. The number of nitrogens with zero attached hydrogens (tertiary/aromatic N) is 1. The van der Waals surface area contributed by atoms with Crippen molar-refractivity contribution in [3.05, 3.63) is 40.2 Å². The molecule has 3 nitrogen and oxygen atoms in total. The van der Waals surface area contributed by atoms with Crippen LogP contribution in [-0.4, -0.2) is 11.5 Å². The number of nitrogens with one attached hydrogen (secondary N) is 1. The van der Waals surface area contributed by atoms with Crippen molar-refractivity contribution in [2.24, 2.45) is 0 Å². The van der Waals surface area contributed by atoms with E-state index in [-0.39, 0.29) is 0 Å². The van der Waals surface area contributed by atoms with Crippen LogP contribution in [0.2, 0.25) is 0 Å². The molecule has 0 fully saturated rings. The topological polar surface area (TPSA) is 38.1 Å². The van der Waals surface area contributed by atoms with Gasteiger partial charge in [0.15, 0.2) is 0 Å². The Balaban J connectivity index is 2.05. The second kappa shape index (κ2) is 5.98. The highest BCUT2D eigenvalue weighted by Gasteiger charge is 2.14. The summed E-state index contributed by atoms with van der Waals surface area (Å²) >= 11 is 1.73. The van der Waals surface area contributed by atoms with Gasteiger partial charge in [0.05, 0.1) is 17.5 Å². The Morgan fingerprint density at radius 1 is 1.53 bits per heavy atom. The monoisotopic (exact) mass is 250 g/mol. The van der Waals surface area contributed by atoms with Crippen LogP contribution in [0.15, 0.2) is 28.4 Å². The average Bonchev–Trinajstić information content (AvgIpc) is 2.95. The fourth-order valence-electron chi connectivity index (χ4n) is 1.77. The van der Waals surface area contributed by atoms with E-state index < -0.39 is 0 Å². The molecule has 0 saturated carbocycles. The molecule has 0 aliphatic heterocycles. The van der Waals surface area contributed by atoms with E-state index in [4.69, 9.17) is 4.42 Å². The summed E-state index contributed by atoms with van der Waals surface area (Å²) in [4.78, 5) is 4.52. The van der Waals surface area contributed by atoms with Gasteiger partial charge in [-0.2, -0.15) is 0 Å². The Morgan fingerprint density at radius 3 is 3.00 bits per heavy atom. The Bertz CT molecular complexity index is 436. The van der Waals surface area contributed by atoms with E-state index in [1.54, 1.807) is 17.6 Å². The Labute approximate surface area is 106 Å². The van der Waals surface area contributed by atoms with Gasteiger partial charge in [0.1, 0.15) is 0 Å². The van der Waals surface area contributed by atoms with Gasteiger partial charge in [-0.1, -0.05) is 6.92 Å². The fourth-order valence-corrected chi connectivity index (χ4v) is 2.59. The maximum atomic E-state index is 5.16. The molecular formula is C13H18N2OS. The van der Waals surface area contributed by atoms with E-state index in [1.807, 2.05) is 19.3 Å². The van der Waals surface area contributed by atoms with Crippen molar-refractivity contribution < 1.29 is 4.42 Å². The molecule has 2 heterocycles. The van der Waals surface area contributed by atoms with Gasteiger partial charge in [-0.15, -0.1) is 11.3 Å². The number of hydrogen-bond acceptors (Lipinski definition) is 4. The standard InChI is InChI=1S/C13H18N2OS/c1-3-5-14-12(11-4-6-16-8-11)7-13-15-10(2)9-17-13/h4,6,8-9,12,14H,3,5,7H2,1-2H3. The predicted octanol–water partition coefficient (Wildman–Crippen LogP) is 3.33. The molecule has 0 amide bonds. The minimum Gasteiger partial charge on any atom is -0.472 e. The first kappa shape index (κ1) is 12.3. The number of thiazole rings is 1. The molecule has 0 aliphatic carbocycles. The molecule has 92 valence electrons. The van der Waals surface area contributed by atoms with Gasteiger partial charge in [-0.3, -0.25) is 0 Å². The predicted molar refractivity (Wildman–Crippen MR) is 70.3 cm³/mol. The lowest BCUT2D eigenvalue weighted by Crippen LogP contribution is -2.23. The van der Waals surface area contributed by atoms with Crippen molar-refractivity contribution in [3.63, 3.8) is 0 Å². The van der Waals surface area contributed by atoms with Gasteiger partial charge >= 0.3 is 0 Å². The lowest BCUT2D eigenvalue weighted by molar-refractivity contribution is 0.511. The smallest absolute Gasteiger partial charge is 0.0950 e. The van der Waals surface area contributed by atoms with Crippen LogP contribution < -0.4 is 5.32 Å². The first-order chi connectivity index (χ1) is 8.29. The molecule has 2 rings (SSSR count). The summed E-state index contributed by atoms with van der Waals surface area (Å²) < 4.78 is 5.16. The zero-order valence-corrected chi connectivity index (χ0v) is 11.1. The highest BCUT2D eigenvalue weighted by Crippen LogP contribution is 2.21. The number of aromatic nitrogens is 1. The van der Waals surface area contributed by atoms with Gasteiger partial charge in [0.2, 0.25) is 0 Å². The third kappa shape index (κ3) is 3.41. The maximum Gasteiger partial charge on any atom is 0.0950 e. The van der Waals surface area contributed by atoms with E-state index in [0.717, 1.165) is 25.1 Å². The highest BCUT2D eigenvalue weighted by molar-refractivity contribution is 7.09. The van der Waals surface area contributed by atoms with E-state index in [9.17, 15) is 0 Å². The summed E-state index contributed by atoms with van der Waals surface area (Å²) in [5.41, 5.74) is 2.30. The van der Waals surface area contributed by atoms with Crippen molar-refractivity contribution in [3.8, 4) is 0 Å². The van der Waals surface area contributed by atoms with Gasteiger partial charge in [-0.05, 0) is 26.0 Å². The highest BCUT2D eigenvalue weighted by atomic mass is 32.1. The molecule has 17 heavy (non-hydrogen) atoms. The molecular weight excluding hydrogens is 232 g/mol. The molecule has 0 aromatic carbocycles. The van der Waals surface area contributed by atoms with E-state index >= 15 is 0 Å². The molecule has 2 aromatic heterocycles. The van der Waals surface area contributed by atoms with Gasteiger partial charge < -0.3 is 9.73 Å². The maximum absolute atomic E-state index is 5.16. The minimum atomic E-state index is 0.305. The third-order valence-corrected chi connectivity index (χ3v) is 3.62. The molecule has 1 N–H and O–H groups in total. The second-order valence-corrected chi connectivity index (χ2v) is 5.09. The molecule has 1 atom stereocenters. The SMILES string of the molecule is CCCNC(Cc1nc(C)cs1)c1ccoc1. The van der Waals surface area contributed by atoms with Crippen LogP contribution in [-0.2, 0) is 6.42 Å². The number of furan rings is 1. The molecule has 0 spiro atoms. The van der Waals surface area contributed by atoms with Crippen LogP contribution in [0, 0.1) is 6.92 Å². The lowest BCUT2D eigenvalue weighted by atomic mass is 10.1. The van der Waals surface area contributed by atoms with Crippen LogP contribution in [0.1, 0.15) is 35.7 Å². The molecule has 2 aromatic rings. The molecule has 4 heteroatoms. The van der Waals surface area contributed by atoms with Crippen molar-refractivity contribution in [1.29, 1.82) is 0 Å². The Morgan fingerprint density at radius 2 is 2.41 bits per heavy atom. The zero-order chi connectivity index (χ0) is 12.1.